The SMILES string of the molecule is CNc1ccccc1-c1nnc2cnccn12. The fourth-order valence-electron chi connectivity index (χ4n) is 1.83. The number of fused-ring (bicyclic) bond motifs is 1. The van der Waals surface area contributed by atoms with Gasteiger partial charge in [0.2, 0.25) is 0 Å². The smallest absolute Gasteiger partial charge is 0.179 e. The molecule has 2 heterocycles. The van der Waals surface area contributed by atoms with Gasteiger partial charge in [-0.1, -0.05) is 12.1 Å². The highest BCUT2D eigenvalue weighted by Gasteiger charge is 2.10. The molecule has 2 aromatic heterocycles. The molecule has 0 saturated carbocycles. The summed E-state index contributed by atoms with van der Waals surface area (Å²) in [7, 11) is 1.89. The van der Waals surface area contributed by atoms with E-state index < -0.39 is 0 Å². The fourth-order valence-corrected chi connectivity index (χ4v) is 1.83. The van der Waals surface area contributed by atoms with Gasteiger partial charge in [0, 0.05) is 30.7 Å². The van der Waals surface area contributed by atoms with E-state index in [1.54, 1.807) is 12.4 Å². The van der Waals surface area contributed by atoms with Gasteiger partial charge in [-0.05, 0) is 12.1 Å². The highest BCUT2D eigenvalue weighted by Crippen LogP contribution is 2.25. The molecule has 0 spiro atoms. The Labute approximate surface area is 98.1 Å². The monoisotopic (exact) mass is 225 g/mol. The lowest BCUT2D eigenvalue weighted by molar-refractivity contribution is 1.11. The van der Waals surface area contributed by atoms with Crippen molar-refractivity contribution in [1.29, 1.82) is 0 Å². The lowest BCUT2D eigenvalue weighted by Crippen LogP contribution is -1.95. The van der Waals surface area contributed by atoms with Crippen LogP contribution < -0.4 is 5.32 Å². The van der Waals surface area contributed by atoms with Gasteiger partial charge in [0.05, 0.1) is 6.20 Å². The van der Waals surface area contributed by atoms with Crippen LogP contribution in [-0.2, 0) is 0 Å². The Morgan fingerprint density at radius 2 is 2.06 bits per heavy atom. The first-order chi connectivity index (χ1) is 8.40. The quantitative estimate of drug-likeness (QED) is 0.723. The van der Waals surface area contributed by atoms with E-state index in [-0.39, 0.29) is 0 Å². The Balaban J connectivity index is 2.27. The van der Waals surface area contributed by atoms with Crippen LogP contribution in [0, 0.1) is 0 Å². The van der Waals surface area contributed by atoms with Crippen molar-refractivity contribution in [2.24, 2.45) is 0 Å². The topological polar surface area (TPSA) is 55.1 Å². The highest BCUT2D eigenvalue weighted by atomic mass is 15.3. The molecule has 0 aliphatic carbocycles. The van der Waals surface area contributed by atoms with Crippen molar-refractivity contribution >= 4 is 11.3 Å². The van der Waals surface area contributed by atoms with Crippen molar-refractivity contribution in [3.05, 3.63) is 42.9 Å². The first kappa shape index (κ1) is 9.77. The van der Waals surface area contributed by atoms with Gasteiger partial charge in [-0.15, -0.1) is 10.2 Å². The molecule has 0 bridgehead atoms. The molecule has 3 aromatic rings. The Morgan fingerprint density at radius 3 is 2.94 bits per heavy atom. The van der Waals surface area contributed by atoms with Crippen molar-refractivity contribution in [3.8, 4) is 11.4 Å². The second-order valence-electron chi connectivity index (χ2n) is 3.62. The maximum atomic E-state index is 4.21. The van der Waals surface area contributed by atoms with Crippen LogP contribution in [0.15, 0.2) is 42.9 Å². The molecule has 0 amide bonds. The summed E-state index contributed by atoms with van der Waals surface area (Å²) in [5, 5.41) is 11.5. The standard InChI is InChI=1S/C12H11N5/c1-13-10-5-3-2-4-9(10)12-16-15-11-8-14-6-7-17(11)12/h2-8,13H,1H3. The Kier molecular flexibility index (Phi) is 2.22. The predicted octanol–water partition coefficient (Wildman–Crippen LogP) is 1.83. The predicted molar refractivity (Wildman–Crippen MR) is 65.8 cm³/mol. The molecule has 1 N–H and O–H groups in total. The highest BCUT2D eigenvalue weighted by molar-refractivity contribution is 5.74. The third-order valence-electron chi connectivity index (χ3n) is 2.65. The second-order valence-corrected chi connectivity index (χ2v) is 3.62. The third-order valence-corrected chi connectivity index (χ3v) is 2.65. The minimum atomic E-state index is 0.744. The largest absolute Gasteiger partial charge is 0.388 e. The van der Waals surface area contributed by atoms with Gasteiger partial charge in [-0.2, -0.15) is 0 Å². The molecule has 0 aliphatic rings. The fraction of sp³-hybridized carbons (Fsp3) is 0.0833. The molecule has 84 valence electrons. The van der Waals surface area contributed by atoms with Gasteiger partial charge in [0.25, 0.3) is 0 Å². The molecule has 17 heavy (non-hydrogen) atoms. The van der Waals surface area contributed by atoms with Gasteiger partial charge in [-0.25, -0.2) is 0 Å². The van der Waals surface area contributed by atoms with Crippen LogP contribution >= 0.6 is 0 Å². The summed E-state index contributed by atoms with van der Waals surface area (Å²) in [4.78, 5) is 4.02. The molecule has 1 aromatic carbocycles. The second kappa shape index (κ2) is 3.86. The molecule has 0 atom stereocenters. The van der Waals surface area contributed by atoms with Crippen molar-refractivity contribution in [1.82, 2.24) is 19.6 Å². The van der Waals surface area contributed by atoms with E-state index >= 15 is 0 Å². The molecule has 0 saturated heterocycles. The van der Waals surface area contributed by atoms with Gasteiger partial charge in [-0.3, -0.25) is 9.38 Å². The Hall–Kier alpha value is -2.43. The normalized spacial score (nSPS) is 10.6. The van der Waals surface area contributed by atoms with Crippen LogP contribution in [0.5, 0.6) is 0 Å². The van der Waals surface area contributed by atoms with Crippen LogP contribution in [0.25, 0.3) is 17.0 Å². The van der Waals surface area contributed by atoms with E-state index in [1.807, 2.05) is 41.9 Å². The molecular weight excluding hydrogens is 214 g/mol. The van der Waals surface area contributed by atoms with E-state index in [0.29, 0.717) is 0 Å². The molecule has 0 radical (unpaired) electrons. The maximum Gasteiger partial charge on any atom is 0.179 e. The summed E-state index contributed by atoms with van der Waals surface area (Å²) in [6.07, 6.45) is 5.28. The molecular formula is C12H11N5. The van der Waals surface area contributed by atoms with Crippen LogP contribution in [-0.4, -0.2) is 26.6 Å². The molecule has 0 aliphatic heterocycles. The van der Waals surface area contributed by atoms with Crippen molar-refractivity contribution in [3.63, 3.8) is 0 Å². The third kappa shape index (κ3) is 1.52. The molecule has 5 heteroatoms. The summed E-state index contributed by atoms with van der Waals surface area (Å²) >= 11 is 0. The average Bonchev–Trinajstić information content (AvgIpc) is 2.82. The number of aromatic nitrogens is 4. The number of hydrogen-bond acceptors (Lipinski definition) is 4. The molecule has 0 fully saturated rings. The van der Waals surface area contributed by atoms with Crippen molar-refractivity contribution < 1.29 is 0 Å². The summed E-state index contributed by atoms with van der Waals surface area (Å²) < 4.78 is 1.92. The molecule has 3 rings (SSSR count). The van der Waals surface area contributed by atoms with E-state index in [0.717, 1.165) is 22.7 Å². The lowest BCUT2D eigenvalue weighted by atomic mass is 10.1. The first-order valence-corrected chi connectivity index (χ1v) is 5.32. The Bertz CT molecular complexity index is 659. The van der Waals surface area contributed by atoms with E-state index in [1.165, 1.54) is 0 Å². The zero-order valence-corrected chi connectivity index (χ0v) is 9.33. The number of para-hydroxylation sites is 1. The minimum Gasteiger partial charge on any atom is -0.388 e. The Morgan fingerprint density at radius 1 is 1.18 bits per heavy atom. The minimum absolute atomic E-state index is 0.744. The van der Waals surface area contributed by atoms with Gasteiger partial charge in [0.15, 0.2) is 11.5 Å². The number of nitrogens with zero attached hydrogens (tertiary/aromatic N) is 4. The summed E-state index contributed by atoms with van der Waals surface area (Å²) in [6, 6.07) is 8.00. The van der Waals surface area contributed by atoms with Gasteiger partial charge in [0.1, 0.15) is 0 Å². The van der Waals surface area contributed by atoms with Gasteiger partial charge >= 0.3 is 0 Å². The maximum absolute atomic E-state index is 4.21. The zero-order valence-electron chi connectivity index (χ0n) is 9.33. The summed E-state index contributed by atoms with van der Waals surface area (Å²) in [5.41, 5.74) is 2.79. The zero-order chi connectivity index (χ0) is 11.7. The average molecular weight is 225 g/mol. The van der Waals surface area contributed by atoms with Crippen molar-refractivity contribution in [2.45, 2.75) is 0 Å². The molecule has 5 nitrogen and oxygen atoms in total. The van der Waals surface area contributed by atoms with E-state index in [9.17, 15) is 0 Å². The summed E-state index contributed by atoms with van der Waals surface area (Å²) in [6.45, 7) is 0. The number of nitrogens with one attached hydrogen (secondary N) is 1. The molecule has 0 unspecified atom stereocenters. The number of benzene rings is 1. The van der Waals surface area contributed by atoms with Crippen LogP contribution in [0.1, 0.15) is 0 Å². The van der Waals surface area contributed by atoms with Gasteiger partial charge < -0.3 is 5.32 Å². The lowest BCUT2D eigenvalue weighted by Gasteiger charge is -2.06. The first-order valence-electron chi connectivity index (χ1n) is 5.32. The van der Waals surface area contributed by atoms with E-state index in [4.69, 9.17) is 0 Å². The summed E-state index contributed by atoms with van der Waals surface area (Å²) in [5.74, 6) is 0.812. The van der Waals surface area contributed by atoms with Crippen LogP contribution in [0.2, 0.25) is 0 Å². The van der Waals surface area contributed by atoms with E-state index in [2.05, 4.69) is 20.5 Å². The van der Waals surface area contributed by atoms with Crippen LogP contribution in [0.3, 0.4) is 0 Å². The van der Waals surface area contributed by atoms with Crippen LogP contribution in [0.4, 0.5) is 5.69 Å². The number of anilines is 1. The van der Waals surface area contributed by atoms with Crippen molar-refractivity contribution in [2.75, 3.05) is 12.4 Å². The number of rotatable bonds is 2. The number of hydrogen-bond donors (Lipinski definition) is 1.